The van der Waals surface area contributed by atoms with Gasteiger partial charge in [-0.1, -0.05) is 12.1 Å². The molecule has 0 atom stereocenters. The van der Waals surface area contributed by atoms with E-state index in [4.69, 9.17) is 5.73 Å². The third-order valence-corrected chi connectivity index (χ3v) is 2.55. The number of nitrogens with zero attached hydrogens (tertiary/aromatic N) is 1. The number of carbonyl (C=O) groups excluding carboxylic acids is 1. The summed E-state index contributed by atoms with van der Waals surface area (Å²) in [7, 11) is 0. The van der Waals surface area contributed by atoms with Gasteiger partial charge in [-0.3, -0.25) is 14.9 Å². The molecule has 3 N–H and O–H groups in total. The second kappa shape index (κ2) is 5.18. The summed E-state index contributed by atoms with van der Waals surface area (Å²) in [6.07, 6.45) is 0. The number of para-hydroxylation sites is 1. The van der Waals surface area contributed by atoms with Gasteiger partial charge in [-0.15, -0.1) is 0 Å². The van der Waals surface area contributed by atoms with E-state index < -0.39 is 10.8 Å². The largest absolute Gasteiger partial charge is 0.366 e. The number of nitrogens with two attached hydrogens (primary N) is 1. The lowest BCUT2D eigenvalue weighted by Gasteiger charge is -2.09. The van der Waals surface area contributed by atoms with E-state index in [2.05, 4.69) is 5.32 Å². The lowest BCUT2D eigenvalue weighted by molar-refractivity contribution is -0.384. The maximum atomic E-state index is 11.2. The molecule has 0 bridgehead atoms. The van der Waals surface area contributed by atoms with Crippen molar-refractivity contribution in [3.8, 4) is 0 Å². The molecule has 0 aliphatic heterocycles. The Morgan fingerprint density at radius 2 is 1.74 bits per heavy atom. The lowest BCUT2D eigenvalue weighted by Crippen LogP contribution is -2.13. The predicted octanol–water partition coefficient (Wildman–Crippen LogP) is 2.44. The van der Waals surface area contributed by atoms with Crippen molar-refractivity contribution in [3.63, 3.8) is 0 Å². The number of amides is 1. The molecule has 2 aromatic rings. The van der Waals surface area contributed by atoms with Crippen LogP contribution in [0.5, 0.6) is 0 Å². The second-order valence-corrected chi connectivity index (χ2v) is 3.84. The van der Waals surface area contributed by atoms with E-state index in [9.17, 15) is 14.9 Å². The summed E-state index contributed by atoms with van der Waals surface area (Å²) < 4.78 is 0. The Kier molecular flexibility index (Phi) is 3.42. The first-order valence-electron chi connectivity index (χ1n) is 5.48. The highest BCUT2D eigenvalue weighted by Gasteiger charge is 2.08. The Hall–Kier alpha value is -2.89. The Bertz CT molecular complexity index is 623. The number of anilines is 2. The number of hydrogen-bond donors (Lipinski definition) is 2. The van der Waals surface area contributed by atoms with Crippen molar-refractivity contribution in [2.75, 3.05) is 5.32 Å². The molecular weight excluding hydrogens is 246 g/mol. The fourth-order valence-corrected chi connectivity index (χ4v) is 1.63. The number of rotatable bonds is 4. The molecule has 0 unspecified atom stereocenters. The summed E-state index contributed by atoms with van der Waals surface area (Å²) in [4.78, 5) is 21.3. The zero-order valence-corrected chi connectivity index (χ0v) is 9.87. The number of nitro benzene ring substituents is 1. The first-order chi connectivity index (χ1) is 9.08. The number of primary amides is 1. The first kappa shape index (κ1) is 12.6. The Morgan fingerprint density at radius 3 is 2.32 bits per heavy atom. The van der Waals surface area contributed by atoms with E-state index in [1.807, 2.05) is 0 Å². The van der Waals surface area contributed by atoms with Gasteiger partial charge in [0, 0.05) is 17.8 Å². The Balaban J connectivity index is 2.26. The van der Waals surface area contributed by atoms with Crippen LogP contribution in [0.2, 0.25) is 0 Å². The monoisotopic (exact) mass is 257 g/mol. The van der Waals surface area contributed by atoms with Crippen LogP contribution in [0.25, 0.3) is 0 Å². The van der Waals surface area contributed by atoms with Gasteiger partial charge >= 0.3 is 0 Å². The number of nitrogens with one attached hydrogen (secondary N) is 1. The van der Waals surface area contributed by atoms with Gasteiger partial charge in [0.2, 0.25) is 0 Å². The maximum absolute atomic E-state index is 11.2. The van der Waals surface area contributed by atoms with Gasteiger partial charge in [0.1, 0.15) is 0 Å². The molecule has 2 aromatic carbocycles. The smallest absolute Gasteiger partial charge is 0.269 e. The molecule has 0 heterocycles. The molecule has 0 radical (unpaired) electrons. The molecule has 0 aromatic heterocycles. The van der Waals surface area contributed by atoms with Crippen molar-refractivity contribution in [3.05, 3.63) is 64.2 Å². The minimum absolute atomic E-state index is 0.00809. The zero-order chi connectivity index (χ0) is 13.8. The first-order valence-corrected chi connectivity index (χ1v) is 5.48. The van der Waals surface area contributed by atoms with E-state index in [-0.39, 0.29) is 5.69 Å². The van der Waals surface area contributed by atoms with Crippen LogP contribution in [0.3, 0.4) is 0 Å². The molecule has 0 fully saturated rings. The van der Waals surface area contributed by atoms with Gasteiger partial charge in [-0.05, 0) is 24.3 Å². The van der Waals surface area contributed by atoms with Crippen LogP contribution in [-0.2, 0) is 0 Å². The van der Waals surface area contributed by atoms with Crippen LogP contribution < -0.4 is 11.1 Å². The molecule has 96 valence electrons. The van der Waals surface area contributed by atoms with Gasteiger partial charge < -0.3 is 11.1 Å². The zero-order valence-electron chi connectivity index (χ0n) is 9.87. The average Bonchev–Trinajstić information content (AvgIpc) is 2.39. The van der Waals surface area contributed by atoms with Crippen molar-refractivity contribution >= 4 is 23.0 Å². The van der Waals surface area contributed by atoms with Gasteiger partial charge in [0.25, 0.3) is 11.6 Å². The maximum Gasteiger partial charge on any atom is 0.269 e. The molecule has 19 heavy (non-hydrogen) atoms. The number of hydrogen-bond acceptors (Lipinski definition) is 4. The standard InChI is InChI=1S/C13H11N3O3/c14-13(17)11-3-1-2-4-12(11)15-9-5-7-10(8-6-9)16(18)19/h1-8,15H,(H2,14,17). The summed E-state index contributed by atoms with van der Waals surface area (Å²) in [6, 6.07) is 12.7. The van der Waals surface area contributed by atoms with Crippen LogP contribution in [0.4, 0.5) is 17.1 Å². The third-order valence-electron chi connectivity index (χ3n) is 2.55. The molecule has 6 nitrogen and oxygen atoms in total. The molecule has 0 saturated carbocycles. The van der Waals surface area contributed by atoms with Crippen LogP contribution in [0.15, 0.2) is 48.5 Å². The number of benzene rings is 2. The Labute approximate surface area is 109 Å². The summed E-state index contributed by atoms with van der Waals surface area (Å²) in [5.74, 6) is -0.537. The van der Waals surface area contributed by atoms with Crippen molar-refractivity contribution in [1.82, 2.24) is 0 Å². The highest BCUT2D eigenvalue weighted by atomic mass is 16.6. The van der Waals surface area contributed by atoms with E-state index in [1.54, 1.807) is 36.4 Å². The van der Waals surface area contributed by atoms with Gasteiger partial charge in [-0.25, -0.2) is 0 Å². The van der Waals surface area contributed by atoms with E-state index >= 15 is 0 Å². The molecule has 2 rings (SSSR count). The molecule has 0 spiro atoms. The fraction of sp³-hybridized carbons (Fsp3) is 0. The normalized spacial score (nSPS) is 9.89. The number of nitro groups is 1. The van der Waals surface area contributed by atoms with Crippen molar-refractivity contribution in [1.29, 1.82) is 0 Å². The van der Waals surface area contributed by atoms with Crippen LogP contribution in [-0.4, -0.2) is 10.8 Å². The fourth-order valence-electron chi connectivity index (χ4n) is 1.63. The highest BCUT2D eigenvalue weighted by molar-refractivity contribution is 5.99. The van der Waals surface area contributed by atoms with Crippen LogP contribution in [0.1, 0.15) is 10.4 Å². The van der Waals surface area contributed by atoms with E-state index in [0.717, 1.165) is 0 Å². The minimum atomic E-state index is -0.537. The predicted molar refractivity (Wildman–Crippen MR) is 71.3 cm³/mol. The van der Waals surface area contributed by atoms with Crippen molar-refractivity contribution in [2.24, 2.45) is 5.73 Å². The third kappa shape index (κ3) is 2.86. The highest BCUT2D eigenvalue weighted by Crippen LogP contribution is 2.22. The molecule has 6 heteroatoms. The Morgan fingerprint density at radius 1 is 1.11 bits per heavy atom. The van der Waals surface area contributed by atoms with E-state index in [0.29, 0.717) is 16.9 Å². The molecular formula is C13H11N3O3. The van der Waals surface area contributed by atoms with Gasteiger partial charge in [-0.2, -0.15) is 0 Å². The quantitative estimate of drug-likeness (QED) is 0.649. The van der Waals surface area contributed by atoms with Gasteiger partial charge in [0.15, 0.2) is 0 Å². The average molecular weight is 257 g/mol. The number of non-ortho nitro benzene ring substituents is 1. The minimum Gasteiger partial charge on any atom is -0.366 e. The van der Waals surface area contributed by atoms with Crippen LogP contribution >= 0.6 is 0 Å². The van der Waals surface area contributed by atoms with E-state index in [1.165, 1.54) is 12.1 Å². The summed E-state index contributed by atoms with van der Waals surface area (Å²) in [6.45, 7) is 0. The second-order valence-electron chi connectivity index (χ2n) is 3.84. The topological polar surface area (TPSA) is 98.3 Å². The molecule has 0 saturated heterocycles. The van der Waals surface area contributed by atoms with Gasteiger partial charge in [0.05, 0.1) is 16.2 Å². The van der Waals surface area contributed by atoms with Crippen LogP contribution in [0, 0.1) is 10.1 Å². The summed E-state index contributed by atoms with van der Waals surface area (Å²) in [5.41, 5.74) is 6.83. The molecule has 1 amide bonds. The number of carbonyl (C=O) groups is 1. The van der Waals surface area contributed by atoms with Crippen molar-refractivity contribution in [2.45, 2.75) is 0 Å². The SMILES string of the molecule is NC(=O)c1ccccc1Nc1ccc([N+](=O)[O-])cc1. The summed E-state index contributed by atoms with van der Waals surface area (Å²) >= 11 is 0. The van der Waals surface area contributed by atoms with Crippen molar-refractivity contribution < 1.29 is 9.72 Å². The molecule has 0 aliphatic rings. The molecule has 0 aliphatic carbocycles. The summed E-state index contributed by atoms with van der Waals surface area (Å²) in [5, 5.41) is 13.5. The lowest BCUT2D eigenvalue weighted by atomic mass is 10.1.